The molecular weight excluding hydrogens is 212 g/mol. The molecule has 0 bridgehead atoms. The molecule has 1 aliphatic rings. The standard InChI is InChI=1S/C15H16O2/c1-11-2-3-13-4-6-15(16,14(13)8-11)9-12-5-7-17-10-12/h2-3,5,7-8,10,16H,4,6,9H2,1H3. The van der Waals surface area contributed by atoms with Crippen LogP contribution in [-0.2, 0) is 18.4 Å². The van der Waals surface area contributed by atoms with Crippen LogP contribution in [0.1, 0.15) is 28.7 Å². The van der Waals surface area contributed by atoms with Gasteiger partial charge in [0, 0.05) is 6.42 Å². The lowest BCUT2D eigenvalue weighted by Gasteiger charge is -2.23. The lowest BCUT2D eigenvalue weighted by molar-refractivity contribution is 0.0388. The molecule has 1 aliphatic carbocycles. The van der Waals surface area contributed by atoms with Crippen molar-refractivity contribution in [3.8, 4) is 0 Å². The third kappa shape index (κ3) is 1.79. The van der Waals surface area contributed by atoms with Crippen molar-refractivity contribution in [3.63, 3.8) is 0 Å². The summed E-state index contributed by atoms with van der Waals surface area (Å²) in [5.74, 6) is 0. The van der Waals surface area contributed by atoms with E-state index in [2.05, 4.69) is 25.1 Å². The molecule has 1 N–H and O–H groups in total. The zero-order valence-corrected chi connectivity index (χ0v) is 9.94. The van der Waals surface area contributed by atoms with Crippen molar-refractivity contribution in [2.75, 3.05) is 0 Å². The molecule has 17 heavy (non-hydrogen) atoms. The minimum Gasteiger partial charge on any atom is -0.472 e. The molecule has 1 atom stereocenters. The maximum absolute atomic E-state index is 10.8. The molecule has 3 rings (SSSR count). The van der Waals surface area contributed by atoms with Crippen molar-refractivity contribution in [1.29, 1.82) is 0 Å². The van der Waals surface area contributed by atoms with Crippen molar-refractivity contribution in [2.24, 2.45) is 0 Å². The summed E-state index contributed by atoms with van der Waals surface area (Å²) in [6, 6.07) is 8.29. The first-order chi connectivity index (χ1) is 8.17. The summed E-state index contributed by atoms with van der Waals surface area (Å²) in [6.45, 7) is 2.07. The first kappa shape index (κ1) is 10.6. The van der Waals surface area contributed by atoms with Gasteiger partial charge in [0.25, 0.3) is 0 Å². The van der Waals surface area contributed by atoms with Gasteiger partial charge in [0.05, 0.1) is 18.1 Å². The lowest BCUT2D eigenvalue weighted by atomic mass is 9.89. The van der Waals surface area contributed by atoms with Gasteiger partial charge >= 0.3 is 0 Å². The molecule has 1 aromatic carbocycles. The molecule has 1 heterocycles. The molecule has 0 spiro atoms. The molecule has 0 radical (unpaired) electrons. The van der Waals surface area contributed by atoms with E-state index in [-0.39, 0.29) is 0 Å². The van der Waals surface area contributed by atoms with Crippen LogP contribution < -0.4 is 0 Å². The number of hydrogen-bond donors (Lipinski definition) is 1. The van der Waals surface area contributed by atoms with Crippen LogP contribution in [0.15, 0.2) is 41.2 Å². The van der Waals surface area contributed by atoms with E-state index in [1.54, 1.807) is 12.5 Å². The number of furan rings is 1. The zero-order valence-electron chi connectivity index (χ0n) is 9.94. The second-order valence-electron chi connectivity index (χ2n) is 5.00. The van der Waals surface area contributed by atoms with Crippen molar-refractivity contribution in [1.82, 2.24) is 0 Å². The minimum absolute atomic E-state index is 0.639. The number of rotatable bonds is 2. The van der Waals surface area contributed by atoms with Gasteiger partial charge in [0.15, 0.2) is 0 Å². The van der Waals surface area contributed by atoms with E-state index in [1.165, 1.54) is 11.1 Å². The van der Waals surface area contributed by atoms with Crippen LogP contribution in [0.2, 0.25) is 0 Å². The number of hydrogen-bond acceptors (Lipinski definition) is 2. The van der Waals surface area contributed by atoms with E-state index in [1.807, 2.05) is 6.07 Å². The molecule has 1 unspecified atom stereocenters. The summed E-state index contributed by atoms with van der Waals surface area (Å²) in [4.78, 5) is 0. The average Bonchev–Trinajstić information content (AvgIpc) is 2.89. The van der Waals surface area contributed by atoms with Gasteiger partial charge in [-0.2, -0.15) is 0 Å². The predicted octanol–water partition coefficient (Wildman–Crippen LogP) is 2.96. The topological polar surface area (TPSA) is 33.4 Å². The van der Waals surface area contributed by atoms with Gasteiger partial charge in [-0.05, 0) is 42.5 Å². The van der Waals surface area contributed by atoms with Crippen LogP contribution in [0, 0.1) is 6.92 Å². The maximum Gasteiger partial charge on any atom is 0.0943 e. The normalized spacial score (nSPS) is 22.7. The Morgan fingerprint density at radius 1 is 1.35 bits per heavy atom. The van der Waals surface area contributed by atoms with Crippen LogP contribution in [0.4, 0.5) is 0 Å². The smallest absolute Gasteiger partial charge is 0.0943 e. The fraction of sp³-hybridized carbons (Fsp3) is 0.333. The number of aliphatic hydroxyl groups is 1. The highest BCUT2D eigenvalue weighted by Crippen LogP contribution is 2.39. The third-order valence-electron chi connectivity index (χ3n) is 3.65. The summed E-state index contributed by atoms with van der Waals surface area (Å²) in [5.41, 5.74) is 3.92. The number of benzene rings is 1. The van der Waals surface area contributed by atoms with Gasteiger partial charge in [-0.3, -0.25) is 0 Å². The molecule has 2 nitrogen and oxygen atoms in total. The Labute approximate surface area is 101 Å². The highest BCUT2D eigenvalue weighted by Gasteiger charge is 2.36. The molecule has 88 valence electrons. The maximum atomic E-state index is 10.8. The summed E-state index contributed by atoms with van der Waals surface area (Å²) >= 11 is 0. The van der Waals surface area contributed by atoms with Gasteiger partial charge in [-0.25, -0.2) is 0 Å². The predicted molar refractivity (Wildman–Crippen MR) is 65.8 cm³/mol. The van der Waals surface area contributed by atoms with Crippen LogP contribution >= 0.6 is 0 Å². The van der Waals surface area contributed by atoms with Crippen molar-refractivity contribution in [2.45, 2.75) is 31.8 Å². The molecule has 0 saturated heterocycles. The first-order valence-corrected chi connectivity index (χ1v) is 6.01. The SMILES string of the molecule is Cc1ccc2c(c1)C(O)(Cc1ccoc1)CC2. The Morgan fingerprint density at radius 3 is 3.00 bits per heavy atom. The molecule has 0 fully saturated rings. The molecule has 0 aliphatic heterocycles. The third-order valence-corrected chi connectivity index (χ3v) is 3.65. The fourth-order valence-electron chi connectivity index (χ4n) is 2.73. The molecular formula is C15H16O2. The van der Waals surface area contributed by atoms with Gasteiger partial charge in [-0.15, -0.1) is 0 Å². The van der Waals surface area contributed by atoms with Crippen LogP contribution in [0.5, 0.6) is 0 Å². The monoisotopic (exact) mass is 228 g/mol. The van der Waals surface area contributed by atoms with Crippen LogP contribution in [0.3, 0.4) is 0 Å². The van der Waals surface area contributed by atoms with E-state index in [0.717, 1.165) is 24.0 Å². The summed E-state index contributed by atoms with van der Waals surface area (Å²) in [5, 5.41) is 10.8. The minimum atomic E-state index is -0.717. The second-order valence-corrected chi connectivity index (χ2v) is 5.00. The van der Waals surface area contributed by atoms with Crippen molar-refractivity contribution < 1.29 is 9.52 Å². The molecule has 0 amide bonds. The largest absolute Gasteiger partial charge is 0.472 e. The Hall–Kier alpha value is -1.54. The quantitative estimate of drug-likeness (QED) is 0.857. The van der Waals surface area contributed by atoms with Gasteiger partial charge in [-0.1, -0.05) is 23.8 Å². The van der Waals surface area contributed by atoms with E-state index in [0.29, 0.717) is 6.42 Å². The van der Waals surface area contributed by atoms with E-state index in [4.69, 9.17) is 4.42 Å². The summed E-state index contributed by atoms with van der Waals surface area (Å²) in [7, 11) is 0. The number of aryl methyl sites for hydroxylation is 2. The van der Waals surface area contributed by atoms with Crippen molar-refractivity contribution >= 4 is 0 Å². The molecule has 2 aromatic rings. The van der Waals surface area contributed by atoms with Gasteiger partial charge in [0.1, 0.15) is 0 Å². The van der Waals surface area contributed by atoms with Crippen LogP contribution in [0.25, 0.3) is 0 Å². The van der Waals surface area contributed by atoms with E-state index in [9.17, 15) is 5.11 Å². The first-order valence-electron chi connectivity index (χ1n) is 6.01. The average molecular weight is 228 g/mol. The Bertz CT molecular complexity index is 528. The van der Waals surface area contributed by atoms with E-state index < -0.39 is 5.60 Å². The fourth-order valence-corrected chi connectivity index (χ4v) is 2.73. The Balaban J connectivity index is 1.98. The summed E-state index contributed by atoms with van der Waals surface area (Å²) < 4.78 is 5.07. The van der Waals surface area contributed by atoms with E-state index >= 15 is 0 Å². The second kappa shape index (κ2) is 3.74. The van der Waals surface area contributed by atoms with Crippen LogP contribution in [-0.4, -0.2) is 5.11 Å². The lowest BCUT2D eigenvalue weighted by Crippen LogP contribution is -2.25. The highest BCUT2D eigenvalue weighted by molar-refractivity contribution is 5.41. The van der Waals surface area contributed by atoms with Gasteiger partial charge < -0.3 is 9.52 Å². The molecule has 0 saturated carbocycles. The Kier molecular flexibility index (Phi) is 2.33. The Morgan fingerprint density at radius 2 is 2.24 bits per heavy atom. The van der Waals surface area contributed by atoms with Crippen molar-refractivity contribution in [3.05, 3.63) is 59.0 Å². The van der Waals surface area contributed by atoms with Gasteiger partial charge in [0.2, 0.25) is 0 Å². The summed E-state index contributed by atoms with van der Waals surface area (Å²) in [6.07, 6.45) is 5.78. The molecule has 2 heteroatoms. The number of fused-ring (bicyclic) bond motifs is 1. The zero-order chi connectivity index (χ0) is 11.9. The molecule has 1 aromatic heterocycles. The highest BCUT2D eigenvalue weighted by atomic mass is 16.3.